The normalized spacial score (nSPS) is 27.3. The summed E-state index contributed by atoms with van der Waals surface area (Å²) in [6.45, 7) is 4.90. The van der Waals surface area contributed by atoms with E-state index >= 15 is 0 Å². The van der Waals surface area contributed by atoms with Gasteiger partial charge in [-0.1, -0.05) is 26.0 Å². The molecule has 0 bridgehead atoms. The van der Waals surface area contributed by atoms with E-state index in [2.05, 4.69) is 10.6 Å². The summed E-state index contributed by atoms with van der Waals surface area (Å²) in [6, 6.07) is 5.66. The number of nitrogens with zero attached hydrogens (tertiary/aromatic N) is 1. The first-order chi connectivity index (χ1) is 11.0. The van der Waals surface area contributed by atoms with E-state index in [4.69, 9.17) is 0 Å². The molecule has 3 atom stereocenters. The Morgan fingerprint density at radius 1 is 1.39 bits per heavy atom. The maximum Gasteiger partial charge on any atom is 0.246 e. The van der Waals surface area contributed by atoms with Crippen LogP contribution in [0.25, 0.3) is 0 Å². The number of fused-ring (bicyclic) bond motifs is 1. The number of carbonyl (C=O) groups is 2. The molecule has 0 aliphatic carbocycles. The van der Waals surface area contributed by atoms with Crippen molar-refractivity contribution in [1.82, 2.24) is 15.5 Å². The number of halogens is 1. The third-order valence-electron chi connectivity index (χ3n) is 4.60. The quantitative estimate of drug-likeness (QED) is 0.872. The molecule has 6 heteroatoms. The van der Waals surface area contributed by atoms with E-state index in [9.17, 15) is 14.0 Å². The fourth-order valence-electron chi connectivity index (χ4n) is 3.33. The van der Waals surface area contributed by atoms with E-state index in [-0.39, 0.29) is 35.6 Å². The Kier molecular flexibility index (Phi) is 4.35. The zero-order valence-corrected chi connectivity index (χ0v) is 13.4. The number of hydrogen-bond donors (Lipinski definition) is 2. The molecule has 1 aromatic rings. The SMILES string of the molecule is CC(C)[C@@H]1NC(=O)[C@@H]2C[C@H](NCc3cccc(F)c3)CN2C1=O. The van der Waals surface area contributed by atoms with Crippen molar-refractivity contribution < 1.29 is 14.0 Å². The van der Waals surface area contributed by atoms with E-state index in [1.54, 1.807) is 11.0 Å². The molecule has 2 N–H and O–H groups in total. The fourth-order valence-corrected chi connectivity index (χ4v) is 3.33. The maximum absolute atomic E-state index is 13.2. The Hall–Kier alpha value is -1.95. The minimum Gasteiger partial charge on any atom is -0.342 e. The van der Waals surface area contributed by atoms with Crippen LogP contribution in [0.3, 0.4) is 0 Å². The molecule has 2 aliphatic heterocycles. The van der Waals surface area contributed by atoms with Crippen molar-refractivity contribution in [2.24, 2.45) is 5.92 Å². The van der Waals surface area contributed by atoms with Crippen molar-refractivity contribution in [2.45, 2.75) is 44.9 Å². The Labute approximate surface area is 135 Å². The van der Waals surface area contributed by atoms with Crippen LogP contribution in [0.1, 0.15) is 25.8 Å². The van der Waals surface area contributed by atoms with Crippen LogP contribution in [0.15, 0.2) is 24.3 Å². The minimum absolute atomic E-state index is 0.000319. The Bertz CT molecular complexity index is 620. The van der Waals surface area contributed by atoms with Crippen LogP contribution < -0.4 is 10.6 Å². The first kappa shape index (κ1) is 15.9. The first-order valence-electron chi connectivity index (χ1n) is 8.04. The minimum atomic E-state index is -0.430. The lowest BCUT2D eigenvalue weighted by molar-refractivity contribution is -0.148. The largest absolute Gasteiger partial charge is 0.342 e. The predicted molar refractivity (Wildman–Crippen MR) is 83.9 cm³/mol. The van der Waals surface area contributed by atoms with Crippen molar-refractivity contribution in [3.63, 3.8) is 0 Å². The maximum atomic E-state index is 13.2. The van der Waals surface area contributed by atoms with Gasteiger partial charge in [0.1, 0.15) is 17.9 Å². The number of carbonyl (C=O) groups excluding carboxylic acids is 2. The summed E-state index contributed by atoms with van der Waals surface area (Å²) in [7, 11) is 0. The third kappa shape index (κ3) is 3.22. The monoisotopic (exact) mass is 319 g/mol. The van der Waals surface area contributed by atoms with E-state index < -0.39 is 6.04 Å². The lowest BCUT2D eigenvalue weighted by Gasteiger charge is -2.36. The van der Waals surface area contributed by atoms with Crippen molar-refractivity contribution >= 4 is 11.8 Å². The number of piperazine rings is 1. The molecule has 5 nitrogen and oxygen atoms in total. The molecule has 1 aromatic carbocycles. The molecule has 2 aliphatic rings. The second-order valence-corrected chi connectivity index (χ2v) is 6.68. The summed E-state index contributed by atoms with van der Waals surface area (Å²) in [6.07, 6.45) is 0.595. The highest BCUT2D eigenvalue weighted by Gasteiger charge is 2.46. The number of benzene rings is 1. The molecule has 0 radical (unpaired) electrons. The molecule has 124 valence electrons. The number of amides is 2. The van der Waals surface area contributed by atoms with Crippen molar-refractivity contribution in [3.8, 4) is 0 Å². The summed E-state index contributed by atoms with van der Waals surface area (Å²) in [5, 5.41) is 6.16. The zero-order chi connectivity index (χ0) is 16.6. The van der Waals surface area contributed by atoms with E-state index in [1.165, 1.54) is 12.1 Å². The molecule has 2 saturated heterocycles. The van der Waals surface area contributed by atoms with Crippen LogP contribution in [0, 0.1) is 11.7 Å². The Morgan fingerprint density at radius 2 is 2.17 bits per heavy atom. The predicted octanol–water partition coefficient (Wildman–Crippen LogP) is 1.04. The van der Waals surface area contributed by atoms with Gasteiger partial charge in [0.15, 0.2) is 0 Å². The number of nitrogens with one attached hydrogen (secondary N) is 2. The van der Waals surface area contributed by atoms with Crippen molar-refractivity contribution in [2.75, 3.05) is 6.54 Å². The number of rotatable bonds is 4. The van der Waals surface area contributed by atoms with E-state index in [0.717, 1.165) is 5.56 Å². The van der Waals surface area contributed by atoms with Crippen LogP contribution in [-0.2, 0) is 16.1 Å². The van der Waals surface area contributed by atoms with Gasteiger partial charge in [-0.25, -0.2) is 4.39 Å². The smallest absolute Gasteiger partial charge is 0.246 e. The van der Waals surface area contributed by atoms with Gasteiger partial charge in [-0.05, 0) is 30.0 Å². The van der Waals surface area contributed by atoms with Crippen LogP contribution in [0.5, 0.6) is 0 Å². The first-order valence-corrected chi connectivity index (χ1v) is 8.04. The summed E-state index contributed by atoms with van der Waals surface area (Å²) < 4.78 is 13.2. The number of hydrogen-bond acceptors (Lipinski definition) is 3. The van der Waals surface area contributed by atoms with Gasteiger partial charge in [0.2, 0.25) is 11.8 Å². The lowest BCUT2D eigenvalue weighted by atomic mass is 9.98. The molecule has 3 rings (SSSR count). The molecular weight excluding hydrogens is 297 g/mol. The van der Waals surface area contributed by atoms with Gasteiger partial charge in [0.05, 0.1) is 0 Å². The molecule has 2 amide bonds. The Balaban J connectivity index is 1.63. The van der Waals surface area contributed by atoms with Crippen LogP contribution in [0.4, 0.5) is 4.39 Å². The highest BCUT2D eigenvalue weighted by atomic mass is 19.1. The molecular formula is C17H22FN3O2. The molecule has 0 unspecified atom stereocenters. The molecule has 0 aromatic heterocycles. The second kappa shape index (κ2) is 6.28. The van der Waals surface area contributed by atoms with Crippen LogP contribution in [-0.4, -0.2) is 41.4 Å². The second-order valence-electron chi connectivity index (χ2n) is 6.68. The average Bonchev–Trinajstić information content (AvgIpc) is 2.94. The van der Waals surface area contributed by atoms with Gasteiger partial charge in [-0.2, -0.15) is 0 Å². The van der Waals surface area contributed by atoms with Gasteiger partial charge in [-0.3, -0.25) is 9.59 Å². The molecule has 0 spiro atoms. The molecule has 0 saturated carbocycles. The fraction of sp³-hybridized carbons (Fsp3) is 0.529. The lowest BCUT2D eigenvalue weighted by Crippen LogP contribution is -2.62. The average molecular weight is 319 g/mol. The van der Waals surface area contributed by atoms with E-state index in [0.29, 0.717) is 19.5 Å². The molecule has 2 fully saturated rings. The van der Waals surface area contributed by atoms with Gasteiger partial charge < -0.3 is 15.5 Å². The highest BCUT2D eigenvalue weighted by molar-refractivity contribution is 5.97. The Morgan fingerprint density at radius 3 is 2.87 bits per heavy atom. The van der Waals surface area contributed by atoms with Gasteiger partial charge in [0, 0.05) is 19.1 Å². The highest BCUT2D eigenvalue weighted by Crippen LogP contribution is 2.25. The summed E-state index contributed by atoms with van der Waals surface area (Å²) in [5.74, 6) is -0.257. The standard InChI is InChI=1S/C17H22FN3O2/c1-10(2)15-17(23)21-9-13(7-14(21)16(22)20-15)19-8-11-4-3-5-12(18)6-11/h3-6,10,13-15,19H,7-9H2,1-2H3,(H,20,22)/t13-,14-,15-/m0/s1. The van der Waals surface area contributed by atoms with Gasteiger partial charge in [-0.15, -0.1) is 0 Å². The summed E-state index contributed by atoms with van der Waals surface area (Å²) >= 11 is 0. The zero-order valence-electron chi connectivity index (χ0n) is 13.4. The van der Waals surface area contributed by atoms with Crippen LogP contribution in [0.2, 0.25) is 0 Å². The summed E-state index contributed by atoms with van der Waals surface area (Å²) in [5.41, 5.74) is 0.853. The van der Waals surface area contributed by atoms with Crippen LogP contribution >= 0.6 is 0 Å². The van der Waals surface area contributed by atoms with Gasteiger partial charge >= 0.3 is 0 Å². The third-order valence-corrected chi connectivity index (χ3v) is 4.60. The van der Waals surface area contributed by atoms with Crippen molar-refractivity contribution in [1.29, 1.82) is 0 Å². The molecule has 2 heterocycles. The van der Waals surface area contributed by atoms with Crippen molar-refractivity contribution in [3.05, 3.63) is 35.6 Å². The summed E-state index contributed by atoms with van der Waals surface area (Å²) in [4.78, 5) is 26.4. The van der Waals surface area contributed by atoms with Gasteiger partial charge in [0.25, 0.3) is 0 Å². The molecule has 23 heavy (non-hydrogen) atoms. The topological polar surface area (TPSA) is 61.4 Å². The van der Waals surface area contributed by atoms with E-state index in [1.807, 2.05) is 19.9 Å².